The lowest BCUT2D eigenvalue weighted by Crippen LogP contribution is -2.45. The molecule has 0 saturated carbocycles. The summed E-state index contributed by atoms with van der Waals surface area (Å²) in [5.41, 5.74) is 3.58. The third-order valence-corrected chi connectivity index (χ3v) is 4.63. The Balaban J connectivity index is 1.58. The summed E-state index contributed by atoms with van der Waals surface area (Å²) in [5, 5.41) is 14.0. The van der Waals surface area contributed by atoms with Gasteiger partial charge in [0.05, 0.1) is 31.0 Å². The van der Waals surface area contributed by atoms with Crippen LogP contribution in [0.2, 0.25) is 0 Å². The number of aliphatic carboxylic acids is 1. The second-order valence-electron chi connectivity index (χ2n) is 6.26. The van der Waals surface area contributed by atoms with E-state index >= 15 is 0 Å². The van der Waals surface area contributed by atoms with E-state index in [4.69, 9.17) is 4.74 Å². The Morgan fingerprint density at radius 3 is 3.08 bits per heavy atom. The van der Waals surface area contributed by atoms with Crippen molar-refractivity contribution in [3.8, 4) is 11.4 Å². The maximum atomic E-state index is 11.7. The lowest BCUT2D eigenvalue weighted by Gasteiger charge is -2.31. The fourth-order valence-corrected chi connectivity index (χ4v) is 3.32. The fourth-order valence-electron chi connectivity index (χ4n) is 3.32. The molecule has 8 heteroatoms. The standard InChI is InChI=1S/C18H19N5O3/c1-26-17-5-3-2-4-15(17)23-9-12(7-21-23)8-22-10-14-13(19-11-20-14)6-16(22)18(24)25/h2-5,7,9,11,16H,6,8,10H2,1H3,(H,19,20)(H,24,25). The molecule has 2 aromatic heterocycles. The van der Waals surface area contributed by atoms with Gasteiger partial charge in [-0.05, 0) is 12.1 Å². The quantitative estimate of drug-likeness (QED) is 0.723. The highest BCUT2D eigenvalue weighted by Gasteiger charge is 2.33. The van der Waals surface area contributed by atoms with Crippen molar-refractivity contribution in [3.05, 3.63) is 59.9 Å². The molecule has 26 heavy (non-hydrogen) atoms. The zero-order valence-corrected chi connectivity index (χ0v) is 14.3. The highest BCUT2D eigenvalue weighted by atomic mass is 16.5. The number of carboxylic acid groups (broad SMARTS) is 1. The highest BCUT2D eigenvalue weighted by molar-refractivity contribution is 5.74. The molecule has 1 unspecified atom stereocenters. The zero-order valence-electron chi connectivity index (χ0n) is 14.3. The summed E-state index contributed by atoms with van der Waals surface area (Å²) < 4.78 is 7.12. The number of hydrogen-bond donors (Lipinski definition) is 2. The second-order valence-corrected chi connectivity index (χ2v) is 6.26. The second kappa shape index (κ2) is 6.64. The number of methoxy groups -OCH3 is 1. The molecule has 3 aromatic rings. The highest BCUT2D eigenvalue weighted by Crippen LogP contribution is 2.25. The van der Waals surface area contributed by atoms with E-state index in [0.717, 1.165) is 28.4 Å². The van der Waals surface area contributed by atoms with E-state index in [0.29, 0.717) is 19.5 Å². The number of benzene rings is 1. The van der Waals surface area contributed by atoms with E-state index in [-0.39, 0.29) is 0 Å². The Morgan fingerprint density at radius 2 is 2.27 bits per heavy atom. The fraction of sp³-hybridized carbons (Fsp3) is 0.278. The van der Waals surface area contributed by atoms with E-state index in [9.17, 15) is 9.90 Å². The Hall–Kier alpha value is -3.13. The first kappa shape index (κ1) is 16.3. The molecule has 1 aliphatic rings. The van der Waals surface area contributed by atoms with E-state index in [1.165, 1.54) is 0 Å². The third kappa shape index (κ3) is 2.95. The van der Waals surface area contributed by atoms with Crippen LogP contribution in [0.15, 0.2) is 43.0 Å². The van der Waals surface area contributed by atoms with Crippen LogP contribution >= 0.6 is 0 Å². The van der Waals surface area contributed by atoms with Gasteiger partial charge in [0, 0.05) is 31.3 Å². The van der Waals surface area contributed by atoms with E-state index in [2.05, 4.69) is 15.1 Å². The van der Waals surface area contributed by atoms with Crippen LogP contribution in [0.4, 0.5) is 0 Å². The molecule has 134 valence electrons. The number of hydrogen-bond acceptors (Lipinski definition) is 5. The predicted molar refractivity (Wildman–Crippen MR) is 93.1 cm³/mol. The van der Waals surface area contributed by atoms with E-state index in [1.807, 2.05) is 35.4 Å². The minimum absolute atomic E-state index is 0.398. The first-order valence-corrected chi connectivity index (χ1v) is 8.30. The lowest BCUT2D eigenvalue weighted by atomic mass is 10.0. The first-order valence-electron chi connectivity index (χ1n) is 8.30. The maximum Gasteiger partial charge on any atom is 0.321 e. The molecule has 0 aliphatic carbocycles. The van der Waals surface area contributed by atoms with Crippen LogP contribution in [0.5, 0.6) is 5.75 Å². The number of para-hydroxylation sites is 2. The van der Waals surface area contributed by atoms with Crippen LogP contribution in [0.25, 0.3) is 5.69 Å². The smallest absolute Gasteiger partial charge is 0.321 e. The van der Waals surface area contributed by atoms with Crippen molar-refractivity contribution in [1.29, 1.82) is 0 Å². The summed E-state index contributed by atoms with van der Waals surface area (Å²) in [7, 11) is 1.62. The summed E-state index contributed by atoms with van der Waals surface area (Å²) >= 11 is 0. The molecule has 1 aliphatic heterocycles. The predicted octanol–water partition coefficient (Wildman–Crippen LogP) is 1.62. The molecular formula is C18H19N5O3. The van der Waals surface area contributed by atoms with E-state index < -0.39 is 12.0 Å². The van der Waals surface area contributed by atoms with Gasteiger partial charge in [0.2, 0.25) is 0 Å². The number of ether oxygens (including phenoxy) is 1. The number of aromatic amines is 1. The van der Waals surface area contributed by atoms with Gasteiger partial charge in [-0.25, -0.2) is 9.67 Å². The van der Waals surface area contributed by atoms with Gasteiger partial charge in [-0.2, -0.15) is 5.10 Å². The maximum absolute atomic E-state index is 11.7. The van der Waals surface area contributed by atoms with Crippen molar-refractivity contribution < 1.29 is 14.6 Å². The summed E-state index contributed by atoms with van der Waals surface area (Å²) in [6.45, 7) is 1.01. The minimum atomic E-state index is -0.837. The van der Waals surface area contributed by atoms with Gasteiger partial charge in [0.1, 0.15) is 17.5 Å². The largest absolute Gasteiger partial charge is 0.494 e. The SMILES string of the molecule is COc1ccccc1-n1cc(CN2Cc3[nH]cnc3CC2C(=O)O)cn1. The third-order valence-electron chi connectivity index (χ3n) is 4.63. The first-order chi connectivity index (χ1) is 12.7. The number of aromatic nitrogens is 4. The van der Waals surface area contributed by atoms with Gasteiger partial charge in [-0.15, -0.1) is 0 Å². The average Bonchev–Trinajstić information content (AvgIpc) is 3.29. The normalized spacial score (nSPS) is 17.0. The number of nitrogens with one attached hydrogen (secondary N) is 1. The molecule has 8 nitrogen and oxygen atoms in total. The molecule has 0 fully saturated rings. The molecular weight excluding hydrogens is 334 g/mol. The monoisotopic (exact) mass is 353 g/mol. The van der Waals surface area contributed by atoms with Crippen molar-refractivity contribution in [2.75, 3.05) is 7.11 Å². The molecule has 1 aromatic carbocycles. The molecule has 0 amide bonds. The number of rotatable bonds is 5. The number of carboxylic acids is 1. The summed E-state index contributed by atoms with van der Waals surface area (Å²) in [6, 6.07) is 7.03. The van der Waals surface area contributed by atoms with Gasteiger partial charge in [0.25, 0.3) is 0 Å². The molecule has 0 saturated heterocycles. The molecule has 1 atom stereocenters. The number of fused-ring (bicyclic) bond motifs is 1. The Labute approximate surface area is 150 Å². The summed E-state index contributed by atoms with van der Waals surface area (Å²) in [4.78, 5) is 20.9. The van der Waals surface area contributed by atoms with Crippen LogP contribution in [-0.2, 0) is 24.3 Å². The van der Waals surface area contributed by atoms with Crippen LogP contribution in [-0.4, -0.2) is 48.9 Å². The zero-order chi connectivity index (χ0) is 18.1. The Bertz CT molecular complexity index is 932. The van der Waals surface area contributed by atoms with Crippen molar-refractivity contribution in [3.63, 3.8) is 0 Å². The van der Waals surface area contributed by atoms with Crippen LogP contribution in [0.1, 0.15) is 17.0 Å². The van der Waals surface area contributed by atoms with Gasteiger partial charge in [-0.3, -0.25) is 9.69 Å². The average molecular weight is 353 g/mol. The molecule has 3 heterocycles. The van der Waals surface area contributed by atoms with Gasteiger partial charge in [0.15, 0.2) is 0 Å². The van der Waals surface area contributed by atoms with Crippen molar-refractivity contribution in [2.45, 2.75) is 25.6 Å². The topological polar surface area (TPSA) is 96.3 Å². The van der Waals surface area contributed by atoms with Gasteiger partial charge >= 0.3 is 5.97 Å². The molecule has 0 radical (unpaired) electrons. The van der Waals surface area contributed by atoms with Crippen molar-refractivity contribution >= 4 is 5.97 Å². The molecule has 2 N–H and O–H groups in total. The number of imidazole rings is 1. The molecule has 0 bridgehead atoms. The van der Waals surface area contributed by atoms with Gasteiger partial charge < -0.3 is 14.8 Å². The van der Waals surface area contributed by atoms with Crippen LogP contribution in [0.3, 0.4) is 0 Å². The molecule has 4 rings (SSSR count). The number of H-pyrrole nitrogens is 1. The molecule has 0 spiro atoms. The number of carbonyl (C=O) groups is 1. The van der Waals surface area contributed by atoms with Crippen LogP contribution in [0, 0.1) is 0 Å². The number of nitrogens with zero attached hydrogens (tertiary/aromatic N) is 4. The Kier molecular flexibility index (Phi) is 4.18. The Morgan fingerprint density at radius 1 is 1.42 bits per heavy atom. The lowest BCUT2D eigenvalue weighted by molar-refractivity contribution is -0.144. The van der Waals surface area contributed by atoms with Crippen LogP contribution < -0.4 is 4.74 Å². The minimum Gasteiger partial charge on any atom is -0.494 e. The van der Waals surface area contributed by atoms with Gasteiger partial charge in [-0.1, -0.05) is 12.1 Å². The van der Waals surface area contributed by atoms with Crippen molar-refractivity contribution in [2.24, 2.45) is 0 Å². The summed E-state index contributed by atoms with van der Waals surface area (Å²) in [6.07, 6.45) is 5.68. The van der Waals surface area contributed by atoms with Crippen molar-refractivity contribution in [1.82, 2.24) is 24.6 Å². The summed E-state index contributed by atoms with van der Waals surface area (Å²) in [5.74, 6) is -0.110. The van der Waals surface area contributed by atoms with E-state index in [1.54, 1.807) is 24.3 Å².